The van der Waals surface area contributed by atoms with Crippen molar-refractivity contribution >= 4 is 5.97 Å². The number of hydrogen-bond donors (Lipinski definition) is 0. The zero-order chi connectivity index (χ0) is 19.7. The van der Waals surface area contributed by atoms with Crippen molar-refractivity contribution in [3.63, 3.8) is 0 Å². The molecule has 0 aliphatic carbocycles. The Morgan fingerprint density at radius 1 is 0.731 bits per heavy atom. The minimum atomic E-state index is -0.307. The van der Waals surface area contributed by atoms with E-state index >= 15 is 0 Å². The fourth-order valence-corrected chi connectivity index (χ4v) is 2.70. The Hall–Kier alpha value is -0.860. The van der Waals surface area contributed by atoms with Gasteiger partial charge in [-0.1, -0.05) is 110 Å². The molecule has 0 aliphatic heterocycles. The van der Waals surface area contributed by atoms with Gasteiger partial charge in [-0.05, 0) is 12.8 Å². The molecule has 0 saturated carbocycles. The largest absolute Gasteiger partial charge is 0.463 e. The van der Waals surface area contributed by atoms with Crippen LogP contribution in [0.5, 0.6) is 0 Å². The molecule has 0 aromatic carbocycles. The number of alkyl halides is 1. The van der Waals surface area contributed by atoms with Crippen LogP contribution in [0.25, 0.3) is 0 Å². The molecule has 3 heteroatoms. The molecule has 0 aromatic heterocycles. The summed E-state index contributed by atoms with van der Waals surface area (Å²) in [6.45, 7) is 8.21. The Morgan fingerprint density at radius 3 is 1.50 bits per heavy atom. The maximum absolute atomic E-state index is 11.6. The normalized spacial score (nSPS) is 10.1. The first-order valence-corrected chi connectivity index (χ1v) is 11.1. The maximum Gasteiger partial charge on any atom is 0.330 e. The van der Waals surface area contributed by atoms with Gasteiger partial charge in [0.2, 0.25) is 0 Å². The quantitative estimate of drug-likeness (QED) is 0.139. The van der Waals surface area contributed by atoms with Gasteiger partial charge in [-0.15, -0.1) is 0 Å². The van der Waals surface area contributed by atoms with E-state index in [1.807, 2.05) is 0 Å². The molecule has 0 N–H and O–H groups in total. The summed E-state index contributed by atoms with van der Waals surface area (Å²) in [6.07, 6.45) is 21.1. The second-order valence-corrected chi connectivity index (χ2v) is 7.01. The second kappa shape index (κ2) is 26.4. The zero-order valence-corrected chi connectivity index (χ0v) is 17.7. The average molecular weight is 373 g/mol. The molecular weight excluding hydrogens is 327 g/mol. The van der Waals surface area contributed by atoms with Crippen molar-refractivity contribution in [2.75, 3.05) is 13.3 Å². The fourth-order valence-electron chi connectivity index (χ4n) is 2.70. The summed E-state index contributed by atoms with van der Waals surface area (Å²) in [5.74, 6) is -0.307. The van der Waals surface area contributed by atoms with Crippen molar-refractivity contribution in [3.8, 4) is 0 Å². The molecule has 0 heterocycles. The molecule has 0 aliphatic rings. The number of ether oxygens (including phenoxy) is 1. The lowest BCUT2D eigenvalue weighted by atomic mass is 10.1. The number of hydrogen-bond acceptors (Lipinski definition) is 2. The van der Waals surface area contributed by atoms with E-state index in [1.54, 1.807) is 0 Å². The molecule has 26 heavy (non-hydrogen) atoms. The van der Waals surface area contributed by atoms with E-state index in [4.69, 9.17) is 4.74 Å². The lowest BCUT2D eigenvalue weighted by molar-refractivity contribution is -0.137. The number of halogens is 1. The third-order valence-corrected chi connectivity index (χ3v) is 4.40. The van der Waals surface area contributed by atoms with Crippen LogP contribution in [0.2, 0.25) is 0 Å². The van der Waals surface area contributed by atoms with Crippen molar-refractivity contribution in [3.05, 3.63) is 12.7 Å². The van der Waals surface area contributed by atoms with Crippen LogP contribution < -0.4 is 0 Å². The fraction of sp³-hybridized carbons (Fsp3) is 0.870. The Labute approximate surface area is 163 Å². The number of unbranched alkanes of at least 4 members (excludes halogenated alkanes) is 14. The van der Waals surface area contributed by atoms with Gasteiger partial charge in [-0.25, -0.2) is 4.79 Å². The van der Waals surface area contributed by atoms with Gasteiger partial charge < -0.3 is 4.74 Å². The van der Waals surface area contributed by atoms with Crippen LogP contribution in [0.15, 0.2) is 12.7 Å². The number of carbonyl (C=O) groups excluding carboxylic acids is 1. The van der Waals surface area contributed by atoms with Gasteiger partial charge in [0.25, 0.3) is 0 Å². The van der Waals surface area contributed by atoms with Gasteiger partial charge in [0.15, 0.2) is 0 Å². The maximum atomic E-state index is 11.6. The predicted molar refractivity (Wildman–Crippen MR) is 112 cm³/mol. The molecule has 0 saturated heterocycles. The van der Waals surface area contributed by atoms with Gasteiger partial charge in [0, 0.05) is 6.08 Å². The van der Waals surface area contributed by atoms with Gasteiger partial charge >= 0.3 is 5.97 Å². The van der Waals surface area contributed by atoms with Crippen LogP contribution in [0, 0.1) is 0 Å². The Bertz CT molecular complexity index is 271. The van der Waals surface area contributed by atoms with E-state index in [1.165, 1.54) is 83.1 Å². The standard InChI is InChI=1S/C13H24O2.C10H21F/c1-3-5-6-7-8-9-10-11-12-15-13(14)4-2;1-2-3-4-5-6-7-8-9-10-11/h4H,2-3,5-12H2,1H3;2-10H2,1H3. The van der Waals surface area contributed by atoms with Crippen LogP contribution in [-0.2, 0) is 9.53 Å². The third-order valence-electron chi connectivity index (χ3n) is 4.40. The average Bonchev–Trinajstić information content (AvgIpc) is 2.66. The molecule has 0 rings (SSSR count). The molecule has 0 bridgehead atoms. The minimum Gasteiger partial charge on any atom is -0.463 e. The van der Waals surface area contributed by atoms with Crippen molar-refractivity contribution in [2.24, 2.45) is 0 Å². The molecule has 156 valence electrons. The van der Waals surface area contributed by atoms with E-state index in [0.29, 0.717) is 6.61 Å². The van der Waals surface area contributed by atoms with Crippen LogP contribution in [0.1, 0.15) is 117 Å². The molecule has 2 nitrogen and oxygen atoms in total. The molecule has 0 amide bonds. The van der Waals surface area contributed by atoms with Crippen molar-refractivity contribution < 1.29 is 13.9 Å². The highest BCUT2D eigenvalue weighted by molar-refractivity contribution is 5.81. The monoisotopic (exact) mass is 372 g/mol. The summed E-state index contributed by atoms with van der Waals surface area (Å²) >= 11 is 0. The third kappa shape index (κ3) is 28.0. The van der Waals surface area contributed by atoms with E-state index in [-0.39, 0.29) is 12.6 Å². The SMILES string of the molecule is C=CC(=O)OCCCCCCCCCC.CCCCCCCCCCF. The highest BCUT2D eigenvalue weighted by Gasteiger charge is 1.95. The van der Waals surface area contributed by atoms with Gasteiger partial charge in [-0.2, -0.15) is 0 Å². The molecule has 0 atom stereocenters. The van der Waals surface area contributed by atoms with E-state index < -0.39 is 0 Å². The highest BCUT2D eigenvalue weighted by atomic mass is 19.1. The molecule has 0 fully saturated rings. The first-order chi connectivity index (χ1) is 12.7. The Kier molecular flexibility index (Phi) is 27.7. The summed E-state index contributed by atoms with van der Waals surface area (Å²) in [5.41, 5.74) is 0. The summed E-state index contributed by atoms with van der Waals surface area (Å²) in [5, 5.41) is 0. The first kappa shape index (κ1) is 27.4. The van der Waals surface area contributed by atoms with Crippen LogP contribution in [-0.4, -0.2) is 19.3 Å². The van der Waals surface area contributed by atoms with E-state index in [0.717, 1.165) is 25.7 Å². The number of rotatable bonds is 18. The van der Waals surface area contributed by atoms with E-state index in [2.05, 4.69) is 20.4 Å². The lowest BCUT2D eigenvalue weighted by Gasteiger charge is -2.02. The van der Waals surface area contributed by atoms with E-state index in [9.17, 15) is 9.18 Å². The summed E-state index contributed by atoms with van der Waals surface area (Å²) < 4.78 is 16.5. The summed E-state index contributed by atoms with van der Waals surface area (Å²) in [6, 6.07) is 0. The summed E-state index contributed by atoms with van der Waals surface area (Å²) in [4.78, 5) is 10.7. The second-order valence-electron chi connectivity index (χ2n) is 7.01. The van der Waals surface area contributed by atoms with Gasteiger partial charge in [0.1, 0.15) is 0 Å². The smallest absolute Gasteiger partial charge is 0.330 e. The van der Waals surface area contributed by atoms with Gasteiger partial charge in [-0.3, -0.25) is 4.39 Å². The van der Waals surface area contributed by atoms with Crippen LogP contribution in [0.4, 0.5) is 4.39 Å². The summed E-state index contributed by atoms with van der Waals surface area (Å²) in [7, 11) is 0. The highest BCUT2D eigenvalue weighted by Crippen LogP contribution is 2.09. The Balaban J connectivity index is 0. The topological polar surface area (TPSA) is 26.3 Å². The lowest BCUT2D eigenvalue weighted by Crippen LogP contribution is -2.01. The molecular formula is C23H45FO2. The zero-order valence-electron chi connectivity index (χ0n) is 17.7. The molecule has 0 spiro atoms. The van der Waals surface area contributed by atoms with Crippen molar-refractivity contribution in [2.45, 2.75) is 117 Å². The number of carbonyl (C=O) groups is 1. The minimum absolute atomic E-state index is 0.130. The van der Waals surface area contributed by atoms with Crippen molar-refractivity contribution in [1.29, 1.82) is 0 Å². The molecule has 0 radical (unpaired) electrons. The van der Waals surface area contributed by atoms with Crippen LogP contribution >= 0.6 is 0 Å². The number of esters is 1. The van der Waals surface area contributed by atoms with Crippen LogP contribution in [0.3, 0.4) is 0 Å². The Morgan fingerprint density at radius 2 is 1.12 bits per heavy atom. The molecule has 0 unspecified atom stereocenters. The molecule has 0 aromatic rings. The van der Waals surface area contributed by atoms with Gasteiger partial charge in [0.05, 0.1) is 13.3 Å². The predicted octanol–water partition coefficient (Wildman–Crippen LogP) is 7.95. The van der Waals surface area contributed by atoms with Crippen molar-refractivity contribution in [1.82, 2.24) is 0 Å². The first-order valence-electron chi connectivity index (χ1n) is 11.1.